The third-order valence-electron chi connectivity index (χ3n) is 4.82. The van der Waals surface area contributed by atoms with Gasteiger partial charge in [0.15, 0.2) is 0 Å². The molecule has 6 nitrogen and oxygen atoms in total. The lowest BCUT2D eigenvalue weighted by molar-refractivity contribution is -0.137. The van der Waals surface area contributed by atoms with Crippen molar-refractivity contribution in [2.24, 2.45) is 5.73 Å². The van der Waals surface area contributed by atoms with Gasteiger partial charge in [-0.05, 0) is 42.5 Å². The molecule has 3 N–H and O–H groups in total. The van der Waals surface area contributed by atoms with E-state index in [0.717, 1.165) is 22.6 Å². The molecule has 0 unspecified atom stereocenters. The van der Waals surface area contributed by atoms with Gasteiger partial charge in [-0.15, -0.1) is 0 Å². The maximum atomic E-state index is 13.3. The number of alkyl halides is 3. The Labute approximate surface area is 197 Å². The highest BCUT2D eigenvalue weighted by molar-refractivity contribution is 6.31. The summed E-state index contributed by atoms with van der Waals surface area (Å²) in [6, 6.07) is 19.9. The zero-order chi connectivity index (χ0) is 24.3. The van der Waals surface area contributed by atoms with Crippen molar-refractivity contribution in [1.29, 1.82) is 0 Å². The fourth-order valence-corrected chi connectivity index (χ4v) is 3.54. The van der Waals surface area contributed by atoms with Gasteiger partial charge < -0.3 is 11.1 Å². The van der Waals surface area contributed by atoms with E-state index in [-0.39, 0.29) is 11.4 Å². The van der Waals surface area contributed by atoms with Crippen molar-refractivity contribution in [2.75, 3.05) is 10.2 Å². The Morgan fingerprint density at radius 1 is 0.941 bits per heavy atom. The van der Waals surface area contributed by atoms with Gasteiger partial charge in [-0.3, -0.25) is 4.90 Å². The molecule has 1 aromatic heterocycles. The van der Waals surface area contributed by atoms with E-state index in [9.17, 15) is 18.0 Å². The Kier molecular flexibility index (Phi) is 6.38. The van der Waals surface area contributed by atoms with E-state index in [4.69, 9.17) is 17.3 Å². The average molecular weight is 484 g/mol. The predicted octanol–water partition coefficient (Wildman–Crippen LogP) is 6.78. The highest BCUT2D eigenvalue weighted by Gasteiger charge is 2.34. The number of nitrogens with zero attached hydrogens (tertiary/aromatic N) is 3. The highest BCUT2D eigenvalue weighted by Crippen LogP contribution is 2.38. The van der Waals surface area contributed by atoms with Gasteiger partial charge in [0.2, 0.25) is 5.95 Å². The van der Waals surface area contributed by atoms with Gasteiger partial charge in [0, 0.05) is 17.4 Å². The first-order chi connectivity index (χ1) is 16.2. The van der Waals surface area contributed by atoms with Crippen LogP contribution >= 0.6 is 11.6 Å². The topological polar surface area (TPSA) is 84.1 Å². The molecule has 4 aromatic rings. The molecule has 0 saturated heterocycles. The number of amides is 2. The molecule has 0 spiro atoms. The Hall–Kier alpha value is -4.11. The fraction of sp³-hybridized carbons (Fsp3) is 0.0417. The first kappa shape index (κ1) is 23.1. The minimum absolute atomic E-state index is 0.0799. The minimum atomic E-state index is -4.69. The SMILES string of the molecule is NC(=O)N(c1cccc(Nc2nccc(-c3ccccc3)n2)c1)c1ccc(Cl)c(C(F)(F)F)c1. The number of carbonyl (C=O) groups excluding carboxylic acids is 1. The summed E-state index contributed by atoms with van der Waals surface area (Å²) in [4.78, 5) is 21.9. The largest absolute Gasteiger partial charge is 0.417 e. The number of hydrogen-bond donors (Lipinski definition) is 2. The van der Waals surface area contributed by atoms with E-state index in [1.54, 1.807) is 36.5 Å². The molecule has 0 aliphatic carbocycles. The number of primary amides is 1. The lowest BCUT2D eigenvalue weighted by Gasteiger charge is -2.23. The number of rotatable bonds is 5. The summed E-state index contributed by atoms with van der Waals surface area (Å²) in [5, 5.41) is 2.56. The van der Waals surface area contributed by atoms with Crippen molar-refractivity contribution < 1.29 is 18.0 Å². The predicted molar refractivity (Wildman–Crippen MR) is 125 cm³/mol. The van der Waals surface area contributed by atoms with Gasteiger partial charge in [0.05, 0.1) is 27.7 Å². The summed E-state index contributed by atoms with van der Waals surface area (Å²) in [7, 11) is 0. The number of nitrogens with one attached hydrogen (secondary N) is 1. The molecule has 0 fully saturated rings. The van der Waals surface area contributed by atoms with Gasteiger partial charge in [0.25, 0.3) is 0 Å². The molecule has 34 heavy (non-hydrogen) atoms. The van der Waals surface area contributed by atoms with Gasteiger partial charge in [-0.1, -0.05) is 48.0 Å². The summed E-state index contributed by atoms with van der Waals surface area (Å²) in [5.41, 5.74) is 6.71. The van der Waals surface area contributed by atoms with Crippen LogP contribution in [0, 0.1) is 0 Å². The second kappa shape index (κ2) is 9.40. The zero-order valence-electron chi connectivity index (χ0n) is 17.4. The number of aromatic nitrogens is 2. The maximum Gasteiger partial charge on any atom is 0.417 e. The van der Waals surface area contributed by atoms with Crippen molar-refractivity contribution in [3.05, 3.63) is 95.6 Å². The Balaban J connectivity index is 1.66. The van der Waals surface area contributed by atoms with Crippen molar-refractivity contribution in [3.8, 4) is 11.3 Å². The second-order valence-electron chi connectivity index (χ2n) is 7.14. The van der Waals surface area contributed by atoms with Crippen LogP contribution in [0.3, 0.4) is 0 Å². The van der Waals surface area contributed by atoms with Crippen LogP contribution in [0.25, 0.3) is 11.3 Å². The summed E-state index contributed by atoms with van der Waals surface area (Å²) in [6.07, 6.45) is -3.09. The number of benzene rings is 3. The molecule has 0 saturated carbocycles. The van der Waals surface area contributed by atoms with E-state index < -0.39 is 22.8 Å². The fourth-order valence-electron chi connectivity index (χ4n) is 3.31. The van der Waals surface area contributed by atoms with Crippen molar-refractivity contribution in [2.45, 2.75) is 6.18 Å². The summed E-state index contributed by atoms with van der Waals surface area (Å²) >= 11 is 5.71. The average Bonchev–Trinajstić information content (AvgIpc) is 2.80. The molecular weight excluding hydrogens is 467 g/mol. The highest BCUT2D eigenvalue weighted by atomic mass is 35.5. The van der Waals surface area contributed by atoms with Crippen molar-refractivity contribution in [1.82, 2.24) is 9.97 Å². The summed E-state index contributed by atoms with van der Waals surface area (Å²) in [5.74, 6) is 0.301. The molecule has 0 aliphatic heterocycles. The number of urea groups is 1. The number of anilines is 4. The normalized spacial score (nSPS) is 11.2. The van der Waals surface area contributed by atoms with E-state index in [2.05, 4.69) is 15.3 Å². The molecule has 172 valence electrons. The van der Waals surface area contributed by atoms with Crippen LogP contribution in [0.1, 0.15) is 5.56 Å². The molecule has 0 bridgehead atoms. The molecular formula is C24H17ClF3N5O. The van der Waals surface area contributed by atoms with Gasteiger partial charge in [0.1, 0.15) is 0 Å². The first-order valence-corrected chi connectivity index (χ1v) is 10.3. The van der Waals surface area contributed by atoms with Crippen LogP contribution in [0.2, 0.25) is 5.02 Å². The smallest absolute Gasteiger partial charge is 0.351 e. The molecule has 0 atom stereocenters. The van der Waals surface area contributed by atoms with Crippen LogP contribution in [-0.2, 0) is 6.18 Å². The quantitative estimate of drug-likeness (QED) is 0.328. The van der Waals surface area contributed by atoms with Crippen molar-refractivity contribution in [3.63, 3.8) is 0 Å². The third-order valence-corrected chi connectivity index (χ3v) is 5.15. The first-order valence-electron chi connectivity index (χ1n) is 9.94. The second-order valence-corrected chi connectivity index (χ2v) is 7.55. The molecule has 1 heterocycles. The molecule has 10 heteroatoms. The Morgan fingerprint density at radius 2 is 1.68 bits per heavy atom. The maximum absolute atomic E-state index is 13.3. The summed E-state index contributed by atoms with van der Waals surface area (Å²) < 4.78 is 39.9. The monoisotopic (exact) mass is 483 g/mol. The zero-order valence-corrected chi connectivity index (χ0v) is 18.2. The van der Waals surface area contributed by atoms with Gasteiger partial charge in [-0.2, -0.15) is 13.2 Å². The Bertz CT molecular complexity index is 1330. The minimum Gasteiger partial charge on any atom is -0.351 e. The number of hydrogen-bond acceptors (Lipinski definition) is 4. The van der Waals surface area contributed by atoms with E-state index in [1.807, 2.05) is 30.3 Å². The molecule has 4 rings (SSSR count). The third kappa shape index (κ3) is 5.10. The van der Waals surface area contributed by atoms with E-state index in [1.165, 1.54) is 6.07 Å². The van der Waals surface area contributed by atoms with Crippen molar-refractivity contribution >= 4 is 40.6 Å². The van der Waals surface area contributed by atoms with E-state index >= 15 is 0 Å². The summed E-state index contributed by atoms with van der Waals surface area (Å²) in [6.45, 7) is 0. The van der Waals surface area contributed by atoms with Crippen LogP contribution in [0.15, 0.2) is 85.1 Å². The molecule has 2 amide bonds. The number of halogens is 4. The Morgan fingerprint density at radius 3 is 2.38 bits per heavy atom. The van der Waals surface area contributed by atoms with Gasteiger partial charge in [-0.25, -0.2) is 14.8 Å². The van der Waals surface area contributed by atoms with Gasteiger partial charge >= 0.3 is 12.2 Å². The molecule has 0 radical (unpaired) electrons. The standard InChI is InChI=1S/C24H17ClF3N5O/c25-20-10-9-18(14-19(20)24(26,27)28)33(22(29)34)17-8-4-7-16(13-17)31-23-30-12-11-21(32-23)15-5-2-1-3-6-15/h1-14H,(H2,29,34)(H,30,31,32). The van der Waals surface area contributed by atoms with Crippen LogP contribution in [-0.4, -0.2) is 16.0 Å². The molecule has 3 aromatic carbocycles. The van der Waals surface area contributed by atoms with Crippen LogP contribution in [0.4, 0.5) is 41.0 Å². The van der Waals surface area contributed by atoms with Crippen LogP contribution in [0.5, 0.6) is 0 Å². The van der Waals surface area contributed by atoms with Crippen LogP contribution < -0.4 is 16.0 Å². The lowest BCUT2D eigenvalue weighted by atomic mass is 10.1. The number of nitrogens with two attached hydrogens (primary N) is 1. The van der Waals surface area contributed by atoms with E-state index in [0.29, 0.717) is 17.3 Å². The molecule has 0 aliphatic rings. The lowest BCUT2D eigenvalue weighted by Crippen LogP contribution is -2.31. The number of carbonyl (C=O) groups is 1.